The van der Waals surface area contributed by atoms with Crippen molar-refractivity contribution in [3.05, 3.63) is 32.8 Å². The van der Waals surface area contributed by atoms with Crippen LogP contribution in [0.5, 0.6) is 0 Å². The Morgan fingerprint density at radius 3 is 2.44 bits per heavy atom. The van der Waals surface area contributed by atoms with Crippen molar-refractivity contribution in [1.82, 2.24) is 5.32 Å². The number of primary sulfonamides is 1. The first-order chi connectivity index (χ1) is 8.18. The number of benzene rings is 1. The van der Waals surface area contributed by atoms with E-state index in [9.17, 15) is 23.3 Å². The second-order valence-corrected chi connectivity index (χ2v) is 5.10. The first-order valence-electron chi connectivity index (χ1n) is 4.41. The highest BCUT2D eigenvalue weighted by Crippen LogP contribution is 2.32. The van der Waals surface area contributed by atoms with Crippen LogP contribution in [0.1, 0.15) is 10.4 Å². The van der Waals surface area contributed by atoms with Crippen LogP contribution in [0.25, 0.3) is 0 Å². The maximum atomic E-state index is 11.4. The van der Waals surface area contributed by atoms with E-state index in [0.717, 1.165) is 12.1 Å². The lowest BCUT2D eigenvalue weighted by Gasteiger charge is -2.06. The van der Waals surface area contributed by atoms with Crippen molar-refractivity contribution >= 4 is 33.2 Å². The summed E-state index contributed by atoms with van der Waals surface area (Å²) in [7, 11) is -2.98. The van der Waals surface area contributed by atoms with Gasteiger partial charge < -0.3 is 5.32 Å². The molecule has 1 rings (SSSR count). The van der Waals surface area contributed by atoms with Crippen LogP contribution in [0.2, 0.25) is 5.02 Å². The third-order valence-electron chi connectivity index (χ3n) is 2.01. The molecule has 1 aromatic rings. The first-order valence-corrected chi connectivity index (χ1v) is 6.33. The number of nitrogens with zero attached hydrogens (tertiary/aromatic N) is 1. The van der Waals surface area contributed by atoms with Gasteiger partial charge in [-0.05, 0) is 6.07 Å². The molecule has 0 atom stereocenters. The molecule has 1 amide bonds. The van der Waals surface area contributed by atoms with E-state index in [-0.39, 0.29) is 5.56 Å². The molecule has 18 heavy (non-hydrogen) atoms. The summed E-state index contributed by atoms with van der Waals surface area (Å²) in [6, 6.07) is 1.75. The Hall–Kier alpha value is -1.71. The van der Waals surface area contributed by atoms with Crippen LogP contribution >= 0.6 is 11.6 Å². The van der Waals surface area contributed by atoms with Crippen LogP contribution in [0.3, 0.4) is 0 Å². The number of nitro groups is 1. The van der Waals surface area contributed by atoms with Crippen LogP contribution in [0.15, 0.2) is 17.0 Å². The zero-order valence-corrected chi connectivity index (χ0v) is 10.6. The molecular weight excluding hydrogens is 286 g/mol. The fourth-order valence-electron chi connectivity index (χ4n) is 1.20. The molecule has 0 aliphatic heterocycles. The molecule has 0 aliphatic carbocycles. The highest BCUT2D eigenvalue weighted by Gasteiger charge is 2.25. The van der Waals surface area contributed by atoms with Gasteiger partial charge in [0.05, 0.1) is 4.92 Å². The summed E-state index contributed by atoms with van der Waals surface area (Å²) in [6.45, 7) is 0. The average molecular weight is 294 g/mol. The van der Waals surface area contributed by atoms with Crippen molar-refractivity contribution in [2.45, 2.75) is 4.90 Å². The maximum absolute atomic E-state index is 11.4. The Morgan fingerprint density at radius 1 is 1.50 bits per heavy atom. The molecule has 0 radical (unpaired) electrons. The molecule has 0 saturated carbocycles. The molecule has 3 N–H and O–H groups in total. The SMILES string of the molecule is CNC(=O)c1cc([N+](=O)[O-])c(Cl)c(S(N)(=O)=O)c1. The molecule has 10 heteroatoms. The van der Waals surface area contributed by atoms with E-state index >= 15 is 0 Å². The number of nitro benzene ring substituents is 1. The van der Waals surface area contributed by atoms with Crippen molar-refractivity contribution in [3.8, 4) is 0 Å². The van der Waals surface area contributed by atoms with E-state index in [2.05, 4.69) is 5.32 Å². The normalized spacial score (nSPS) is 11.1. The van der Waals surface area contributed by atoms with Gasteiger partial charge in [-0.3, -0.25) is 14.9 Å². The second kappa shape index (κ2) is 4.88. The van der Waals surface area contributed by atoms with Gasteiger partial charge in [-0.25, -0.2) is 13.6 Å². The lowest BCUT2D eigenvalue weighted by molar-refractivity contribution is -0.384. The standard InChI is InChI=1S/C8H8ClN3O5S/c1-11-8(13)4-2-5(12(14)15)7(9)6(3-4)18(10,16)17/h2-3H,1H3,(H,11,13)(H2,10,16,17). The fourth-order valence-corrected chi connectivity index (χ4v) is 2.34. The minimum Gasteiger partial charge on any atom is -0.355 e. The van der Waals surface area contributed by atoms with Crippen molar-refractivity contribution in [3.63, 3.8) is 0 Å². The van der Waals surface area contributed by atoms with Gasteiger partial charge >= 0.3 is 0 Å². The molecule has 0 bridgehead atoms. The third kappa shape index (κ3) is 2.75. The highest BCUT2D eigenvalue weighted by atomic mass is 35.5. The first kappa shape index (κ1) is 14.4. The molecule has 8 nitrogen and oxygen atoms in total. The Balaban J connectivity index is 3.68. The minimum absolute atomic E-state index is 0.224. The molecule has 0 saturated heterocycles. The number of carbonyl (C=O) groups is 1. The molecule has 1 aromatic carbocycles. The summed E-state index contributed by atoms with van der Waals surface area (Å²) in [5, 5.41) is 17.2. The maximum Gasteiger partial charge on any atom is 0.290 e. The van der Waals surface area contributed by atoms with Gasteiger partial charge in [-0.1, -0.05) is 11.6 Å². The number of sulfonamides is 1. The predicted molar refractivity (Wildman–Crippen MR) is 62.9 cm³/mol. The molecule has 0 aromatic heterocycles. The fraction of sp³-hybridized carbons (Fsp3) is 0.125. The molecular formula is C8H8ClN3O5S. The Kier molecular flexibility index (Phi) is 3.89. The summed E-state index contributed by atoms with van der Waals surface area (Å²) >= 11 is 5.58. The van der Waals surface area contributed by atoms with Gasteiger partial charge in [-0.15, -0.1) is 0 Å². The summed E-state index contributed by atoms with van der Waals surface area (Å²) < 4.78 is 22.5. The number of nitrogens with one attached hydrogen (secondary N) is 1. The average Bonchev–Trinajstić information content (AvgIpc) is 2.26. The van der Waals surface area contributed by atoms with Crippen LogP contribution in [-0.4, -0.2) is 26.3 Å². The largest absolute Gasteiger partial charge is 0.355 e. The molecule has 98 valence electrons. The molecule has 0 unspecified atom stereocenters. The van der Waals surface area contributed by atoms with Gasteiger partial charge in [0.25, 0.3) is 11.6 Å². The number of carbonyl (C=O) groups excluding carboxylic acids is 1. The third-order valence-corrected chi connectivity index (χ3v) is 3.46. The predicted octanol–water partition coefficient (Wildman–Crippen LogP) is 0.255. The van der Waals surface area contributed by atoms with Crippen molar-refractivity contribution in [2.75, 3.05) is 7.05 Å². The van der Waals surface area contributed by atoms with Gasteiger partial charge in [0.2, 0.25) is 10.0 Å². The number of amides is 1. The summed E-state index contributed by atoms with van der Waals surface area (Å²) in [4.78, 5) is 20.5. The number of hydrogen-bond acceptors (Lipinski definition) is 5. The lowest BCUT2D eigenvalue weighted by atomic mass is 10.2. The van der Waals surface area contributed by atoms with E-state index in [4.69, 9.17) is 16.7 Å². The Bertz CT molecular complexity index is 628. The monoisotopic (exact) mass is 293 g/mol. The number of nitrogens with two attached hydrogens (primary N) is 1. The van der Waals surface area contributed by atoms with Crippen LogP contribution < -0.4 is 10.5 Å². The topological polar surface area (TPSA) is 132 Å². The summed E-state index contributed by atoms with van der Waals surface area (Å²) in [5.74, 6) is -0.695. The number of halogens is 1. The van der Waals surface area contributed by atoms with E-state index < -0.39 is 36.5 Å². The summed E-state index contributed by atoms with van der Waals surface area (Å²) in [6.07, 6.45) is 0. The van der Waals surface area contributed by atoms with E-state index in [1.165, 1.54) is 7.05 Å². The minimum atomic E-state index is -4.27. The molecule has 0 heterocycles. The smallest absolute Gasteiger partial charge is 0.290 e. The van der Waals surface area contributed by atoms with Gasteiger partial charge in [0.15, 0.2) is 0 Å². The van der Waals surface area contributed by atoms with Crippen LogP contribution in [0.4, 0.5) is 5.69 Å². The summed E-state index contributed by atoms with van der Waals surface area (Å²) in [5.41, 5.74) is -0.931. The van der Waals surface area contributed by atoms with Crippen molar-refractivity contribution < 1.29 is 18.1 Å². The van der Waals surface area contributed by atoms with Crippen LogP contribution in [-0.2, 0) is 10.0 Å². The van der Waals surface area contributed by atoms with Crippen molar-refractivity contribution in [1.29, 1.82) is 0 Å². The quantitative estimate of drug-likeness (QED) is 0.609. The molecule has 0 fully saturated rings. The zero-order chi connectivity index (χ0) is 14.1. The van der Waals surface area contributed by atoms with Gasteiger partial charge in [0, 0.05) is 18.7 Å². The zero-order valence-electron chi connectivity index (χ0n) is 9.01. The second-order valence-electron chi connectivity index (χ2n) is 3.19. The van der Waals surface area contributed by atoms with E-state index in [0.29, 0.717) is 0 Å². The lowest BCUT2D eigenvalue weighted by Crippen LogP contribution is -2.20. The Labute approximate surface area is 107 Å². The molecule has 0 aliphatic rings. The van der Waals surface area contributed by atoms with E-state index in [1.54, 1.807) is 0 Å². The van der Waals surface area contributed by atoms with Gasteiger partial charge in [-0.2, -0.15) is 0 Å². The van der Waals surface area contributed by atoms with Crippen LogP contribution in [0, 0.1) is 10.1 Å². The number of hydrogen-bond donors (Lipinski definition) is 2. The van der Waals surface area contributed by atoms with Gasteiger partial charge in [0.1, 0.15) is 9.92 Å². The molecule has 0 spiro atoms. The number of rotatable bonds is 3. The van der Waals surface area contributed by atoms with E-state index in [1.807, 2.05) is 0 Å². The Morgan fingerprint density at radius 2 is 2.06 bits per heavy atom. The van der Waals surface area contributed by atoms with Crippen molar-refractivity contribution in [2.24, 2.45) is 5.14 Å². The highest BCUT2D eigenvalue weighted by molar-refractivity contribution is 7.89.